The maximum Gasteiger partial charge on any atom is 0.407 e. The Kier molecular flexibility index (Phi) is 6.55. The first-order valence-electron chi connectivity index (χ1n) is 11.1. The molecule has 180 valence electrons. The largest absolute Gasteiger partial charge is 0.478 e. The van der Waals surface area contributed by atoms with Crippen molar-refractivity contribution in [3.8, 4) is 11.1 Å². The minimum Gasteiger partial charge on any atom is -0.478 e. The van der Waals surface area contributed by atoms with Gasteiger partial charge in [0.1, 0.15) is 12.4 Å². The number of nitrogens with one attached hydrogen (secondary N) is 2. The highest BCUT2D eigenvalue weighted by molar-refractivity contribution is 5.94. The van der Waals surface area contributed by atoms with Crippen LogP contribution in [0.3, 0.4) is 0 Å². The van der Waals surface area contributed by atoms with E-state index < -0.39 is 29.3 Å². The third-order valence-corrected chi connectivity index (χ3v) is 5.82. The number of rotatable bonds is 7. The number of hydrogen-bond acceptors (Lipinski definition) is 4. The fraction of sp³-hybridized carbons (Fsp3) is 0.222. The molecule has 1 aliphatic carbocycles. The molecule has 2 amide bonds. The van der Waals surface area contributed by atoms with Crippen LogP contribution in [0.15, 0.2) is 66.7 Å². The first kappa shape index (κ1) is 23.9. The van der Waals surface area contributed by atoms with Crippen LogP contribution >= 0.6 is 0 Å². The third kappa shape index (κ3) is 5.48. The monoisotopic (exact) mass is 476 g/mol. The van der Waals surface area contributed by atoms with E-state index in [9.17, 15) is 18.8 Å². The van der Waals surface area contributed by atoms with Gasteiger partial charge in [0.2, 0.25) is 5.91 Å². The highest BCUT2D eigenvalue weighted by Gasteiger charge is 2.30. The second kappa shape index (κ2) is 9.58. The van der Waals surface area contributed by atoms with Gasteiger partial charge < -0.3 is 20.5 Å². The van der Waals surface area contributed by atoms with Crippen molar-refractivity contribution in [3.05, 3.63) is 89.2 Å². The van der Waals surface area contributed by atoms with Crippen molar-refractivity contribution in [3.63, 3.8) is 0 Å². The number of carbonyl (C=O) groups excluding carboxylic acids is 2. The van der Waals surface area contributed by atoms with Gasteiger partial charge in [-0.2, -0.15) is 0 Å². The van der Waals surface area contributed by atoms with Gasteiger partial charge in [-0.05, 0) is 54.3 Å². The molecule has 0 radical (unpaired) electrons. The molecule has 0 atom stereocenters. The van der Waals surface area contributed by atoms with Crippen LogP contribution in [-0.4, -0.2) is 35.2 Å². The number of alkyl carbamates (subject to hydrolysis) is 1. The van der Waals surface area contributed by atoms with Crippen molar-refractivity contribution >= 4 is 23.7 Å². The lowest BCUT2D eigenvalue weighted by atomic mass is 9.98. The Bertz CT molecular complexity index is 1260. The van der Waals surface area contributed by atoms with Crippen molar-refractivity contribution in [1.29, 1.82) is 0 Å². The number of carboxylic acid groups (broad SMARTS) is 1. The Labute approximate surface area is 201 Å². The highest BCUT2D eigenvalue weighted by atomic mass is 19.1. The predicted octanol–water partition coefficient (Wildman–Crippen LogP) is 5.17. The number of amides is 2. The molecule has 3 aromatic carbocycles. The normalized spacial score (nSPS) is 12.4. The summed E-state index contributed by atoms with van der Waals surface area (Å²) in [6.45, 7) is 3.45. The minimum atomic E-state index is -1.31. The molecule has 35 heavy (non-hydrogen) atoms. The van der Waals surface area contributed by atoms with Crippen LogP contribution in [0, 0.1) is 5.82 Å². The number of fused-ring (bicyclic) bond motifs is 3. The number of halogens is 1. The molecule has 0 saturated carbocycles. The van der Waals surface area contributed by atoms with E-state index in [-0.39, 0.29) is 30.2 Å². The molecule has 3 N–H and O–H groups in total. The molecular formula is C27H25FN2O5. The fourth-order valence-electron chi connectivity index (χ4n) is 4.35. The Morgan fingerprint density at radius 1 is 0.971 bits per heavy atom. The number of carbonyl (C=O) groups is 3. The van der Waals surface area contributed by atoms with Gasteiger partial charge in [0, 0.05) is 23.6 Å². The van der Waals surface area contributed by atoms with Crippen molar-refractivity contribution in [1.82, 2.24) is 5.32 Å². The summed E-state index contributed by atoms with van der Waals surface area (Å²) in [4.78, 5) is 36.1. The van der Waals surface area contributed by atoms with Crippen LogP contribution in [0.4, 0.5) is 14.9 Å². The average Bonchev–Trinajstić information content (AvgIpc) is 3.10. The van der Waals surface area contributed by atoms with Gasteiger partial charge in [-0.25, -0.2) is 14.0 Å². The highest BCUT2D eigenvalue weighted by Crippen LogP contribution is 2.44. The van der Waals surface area contributed by atoms with E-state index in [1.807, 2.05) is 48.5 Å². The first-order valence-corrected chi connectivity index (χ1v) is 11.1. The lowest BCUT2D eigenvalue weighted by molar-refractivity contribution is -0.117. The summed E-state index contributed by atoms with van der Waals surface area (Å²) in [7, 11) is 0. The average molecular weight is 477 g/mol. The van der Waals surface area contributed by atoms with E-state index >= 15 is 0 Å². The molecule has 7 nitrogen and oxygen atoms in total. The van der Waals surface area contributed by atoms with E-state index in [4.69, 9.17) is 9.84 Å². The smallest absolute Gasteiger partial charge is 0.407 e. The van der Waals surface area contributed by atoms with Crippen molar-refractivity contribution in [2.45, 2.75) is 31.7 Å². The van der Waals surface area contributed by atoms with E-state index in [0.29, 0.717) is 0 Å². The Balaban J connectivity index is 1.35. The SMILES string of the molecule is CC(C)(CC(=O)Nc1cc(F)cc(C(=O)O)c1)NC(=O)OCC1c2ccccc2-c2ccccc21. The second-order valence-corrected chi connectivity index (χ2v) is 9.09. The molecule has 0 fully saturated rings. The van der Waals surface area contributed by atoms with Crippen molar-refractivity contribution in [2.75, 3.05) is 11.9 Å². The summed E-state index contributed by atoms with van der Waals surface area (Å²) < 4.78 is 19.2. The summed E-state index contributed by atoms with van der Waals surface area (Å²) in [6, 6.07) is 19.1. The van der Waals surface area contributed by atoms with E-state index in [1.54, 1.807) is 13.8 Å². The Hall–Kier alpha value is -4.20. The lowest BCUT2D eigenvalue weighted by Gasteiger charge is -2.26. The molecule has 0 spiro atoms. The first-order chi connectivity index (χ1) is 16.6. The van der Waals surface area contributed by atoms with Crippen LogP contribution in [0.1, 0.15) is 47.7 Å². The lowest BCUT2D eigenvalue weighted by Crippen LogP contribution is -2.46. The zero-order valence-electron chi connectivity index (χ0n) is 19.3. The quantitative estimate of drug-likeness (QED) is 0.436. The molecule has 0 aromatic heterocycles. The maximum absolute atomic E-state index is 13.7. The Morgan fingerprint density at radius 2 is 1.57 bits per heavy atom. The Morgan fingerprint density at radius 3 is 2.17 bits per heavy atom. The molecule has 0 saturated heterocycles. The molecule has 4 rings (SSSR count). The van der Waals surface area contributed by atoms with Gasteiger partial charge in [-0.3, -0.25) is 4.79 Å². The van der Waals surface area contributed by atoms with Crippen molar-refractivity contribution in [2.24, 2.45) is 0 Å². The molecule has 0 aliphatic heterocycles. The minimum absolute atomic E-state index is 0.0179. The predicted molar refractivity (Wildman–Crippen MR) is 129 cm³/mol. The van der Waals surface area contributed by atoms with Crippen LogP contribution < -0.4 is 10.6 Å². The molecule has 0 bridgehead atoms. The summed E-state index contributed by atoms with van der Waals surface area (Å²) in [5, 5.41) is 14.2. The zero-order valence-corrected chi connectivity index (χ0v) is 19.3. The molecule has 3 aromatic rings. The van der Waals surface area contributed by atoms with Crippen LogP contribution in [0.5, 0.6) is 0 Å². The molecule has 0 unspecified atom stereocenters. The van der Waals surface area contributed by atoms with Gasteiger partial charge in [0.25, 0.3) is 0 Å². The standard InChI is InChI=1S/C27H25FN2O5/c1-27(2,14-24(31)29-18-12-16(25(32)33)11-17(28)13-18)30-26(34)35-15-23-21-9-5-3-7-19(21)20-8-4-6-10-22(20)23/h3-13,23H,14-15H2,1-2H3,(H,29,31)(H,30,34)(H,32,33). The number of hydrogen-bond donors (Lipinski definition) is 3. The number of ether oxygens (including phenoxy) is 1. The van der Waals surface area contributed by atoms with Gasteiger partial charge in [-0.15, -0.1) is 0 Å². The summed E-state index contributed by atoms with van der Waals surface area (Å²) in [5.41, 5.74) is 3.19. The fourth-order valence-corrected chi connectivity index (χ4v) is 4.35. The van der Waals surface area contributed by atoms with Gasteiger partial charge in [0.15, 0.2) is 0 Å². The summed E-state index contributed by atoms with van der Waals surface area (Å²) in [5.74, 6) is -2.69. The maximum atomic E-state index is 13.7. The van der Waals surface area contributed by atoms with Crippen molar-refractivity contribution < 1.29 is 28.6 Å². The number of benzene rings is 3. The number of carboxylic acids is 1. The topological polar surface area (TPSA) is 105 Å². The second-order valence-electron chi connectivity index (χ2n) is 9.09. The van der Waals surface area contributed by atoms with E-state index in [1.165, 1.54) is 0 Å². The third-order valence-electron chi connectivity index (χ3n) is 5.82. The number of anilines is 1. The van der Waals surface area contributed by atoms with E-state index in [0.717, 1.165) is 40.5 Å². The molecule has 8 heteroatoms. The molecular weight excluding hydrogens is 451 g/mol. The van der Waals surface area contributed by atoms with Gasteiger partial charge in [-0.1, -0.05) is 48.5 Å². The summed E-state index contributed by atoms with van der Waals surface area (Å²) in [6.07, 6.45) is -0.806. The van der Waals surface area contributed by atoms with E-state index in [2.05, 4.69) is 10.6 Å². The van der Waals surface area contributed by atoms with Gasteiger partial charge >= 0.3 is 12.1 Å². The van der Waals surface area contributed by atoms with Crippen LogP contribution in [-0.2, 0) is 9.53 Å². The number of aromatic carboxylic acids is 1. The van der Waals surface area contributed by atoms with Crippen LogP contribution in [0.25, 0.3) is 11.1 Å². The van der Waals surface area contributed by atoms with Crippen LogP contribution in [0.2, 0.25) is 0 Å². The molecule has 1 aliphatic rings. The molecule has 0 heterocycles. The van der Waals surface area contributed by atoms with Gasteiger partial charge in [0.05, 0.1) is 5.56 Å². The summed E-state index contributed by atoms with van der Waals surface area (Å²) >= 11 is 0. The zero-order chi connectivity index (χ0) is 25.2.